The van der Waals surface area contributed by atoms with Gasteiger partial charge in [0.1, 0.15) is 12.2 Å². The standard InChI is InChI=1S/C16H36N2O2/c1-9-15(11-17(7)13(3)4)19-20-16(10-2)12-18(8)14(5)6/h13-16H,9-12H2,1-8H3. The van der Waals surface area contributed by atoms with Crippen molar-refractivity contribution >= 4 is 0 Å². The van der Waals surface area contributed by atoms with Gasteiger partial charge in [-0.05, 0) is 54.6 Å². The maximum Gasteiger partial charge on any atom is 0.105 e. The fourth-order valence-electron chi connectivity index (χ4n) is 1.68. The van der Waals surface area contributed by atoms with Crippen LogP contribution in [0, 0.1) is 0 Å². The molecule has 0 radical (unpaired) electrons. The summed E-state index contributed by atoms with van der Waals surface area (Å²) in [4.78, 5) is 15.9. The molecule has 0 N–H and O–H groups in total. The first-order valence-corrected chi connectivity index (χ1v) is 8.04. The molecule has 4 heteroatoms. The Hall–Kier alpha value is -0.160. The van der Waals surface area contributed by atoms with Crippen LogP contribution in [0.25, 0.3) is 0 Å². The Balaban J connectivity index is 4.18. The van der Waals surface area contributed by atoms with Gasteiger partial charge in [0.2, 0.25) is 0 Å². The van der Waals surface area contributed by atoms with Crippen LogP contribution in [0.4, 0.5) is 0 Å². The third-order valence-corrected chi connectivity index (χ3v) is 3.98. The van der Waals surface area contributed by atoms with E-state index in [2.05, 4.69) is 65.4 Å². The van der Waals surface area contributed by atoms with Gasteiger partial charge < -0.3 is 9.80 Å². The Morgan fingerprint density at radius 2 is 1.00 bits per heavy atom. The lowest BCUT2D eigenvalue weighted by atomic mass is 10.2. The van der Waals surface area contributed by atoms with Crippen LogP contribution in [0.2, 0.25) is 0 Å². The molecule has 0 aromatic rings. The van der Waals surface area contributed by atoms with Crippen LogP contribution in [-0.4, -0.2) is 61.3 Å². The first kappa shape index (κ1) is 19.8. The average Bonchev–Trinajstić information content (AvgIpc) is 2.40. The maximum absolute atomic E-state index is 5.68. The summed E-state index contributed by atoms with van der Waals surface area (Å²) in [7, 11) is 4.25. The molecule has 122 valence electrons. The van der Waals surface area contributed by atoms with Crippen molar-refractivity contribution in [2.24, 2.45) is 0 Å². The lowest BCUT2D eigenvalue weighted by Crippen LogP contribution is -2.38. The van der Waals surface area contributed by atoms with Gasteiger partial charge in [-0.2, -0.15) is 0 Å². The third-order valence-electron chi connectivity index (χ3n) is 3.98. The van der Waals surface area contributed by atoms with Crippen molar-refractivity contribution in [1.82, 2.24) is 9.80 Å². The van der Waals surface area contributed by atoms with Crippen molar-refractivity contribution in [3.8, 4) is 0 Å². The first-order chi connectivity index (χ1) is 9.31. The zero-order valence-electron chi connectivity index (χ0n) is 14.8. The molecule has 2 atom stereocenters. The predicted octanol–water partition coefficient (Wildman–Crippen LogP) is 3.17. The molecule has 4 nitrogen and oxygen atoms in total. The lowest BCUT2D eigenvalue weighted by molar-refractivity contribution is -0.354. The molecule has 0 aliphatic carbocycles. The Labute approximate surface area is 126 Å². The molecule has 0 rings (SSSR count). The first-order valence-electron chi connectivity index (χ1n) is 8.04. The van der Waals surface area contributed by atoms with Gasteiger partial charge in [-0.1, -0.05) is 13.8 Å². The van der Waals surface area contributed by atoms with Crippen molar-refractivity contribution in [3.05, 3.63) is 0 Å². The molecule has 0 aliphatic heterocycles. The second-order valence-corrected chi connectivity index (χ2v) is 6.32. The summed E-state index contributed by atoms with van der Waals surface area (Å²) >= 11 is 0. The van der Waals surface area contributed by atoms with E-state index in [1.807, 2.05) is 0 Å². The highest BCUT2D eigenvalue weighted by atomic mass is 17.2. The van der Waals surface area contributed by atoms with Crippen molar-refractivity contribution in [1.29, 1.82) is 0 Å². The van der Waals surface area contributed by atoms with Gasteiger partial charge in [0.05, 0.1) is 0 Å². The summed E-state index contributed by atoms with van der Waals surface area (Å²) in [6, 6.07) is 1.06. The molecule has 0 saturated heterocycles. The van der Waals surface area contributed by atoms with Gasteiger partial charge >= 0.3 is 0 Å². The molecule has 0 aliphatic rings. The van der Waals surface area contributed by atoms with Gasteiger partial charge in [0.15, 0.2) is 0 Å². The lowest BCUT2D eigenvalue weighted by Gasteiger charge is -2.29. The van der Waals surface area contributed by atoms with E-state index in [4.69, 9.17) is 9.78 Å². The second-order valence-electron chi connectivity index (χ2n) is 6.32. The molecule has 0 spiro atoms. The highest BCUT2D eigenvalue weighted by Crippen LogP contribution is 2.09. The van der Waals surface area contributed by atoms with Crippen LogP contribution < -0.4 is 0 Å². The largest absolute Gasteiger partial charge is 0.301 e. The molecule has 0 aromatic carbocycles. The second kappa shape index (κ2) is 10.6. The Bertz CT molecular complexity index is 211. The molecular weight excluding hydrogens is 252 g/mol. The van der Waals surface area contributed by atoms with Crippen molar-refractivity contribution < 1.29 is 9.78 Å². The fourth-order valence-corrected chi connectivity index (χ4v) is 1.68. The van der Waals surface area contributed by atoms with Crippen LogP contribution in [0.5, 0.6) is 0 Å². The molecule has 0 saturated carbocycles. The van der Waals surface area contributed by atoms with Crippen LogP contribution in [0.3, 0.4) is 0 Å². The number of rotatable bonds is 11. The highest BCUT2D eigenvalue weighted by Gasteiger charge is 2.18. The molecule has 20 heavy (non-hydrogen) atoms. The van der Waals surface area contributed by atoms with E-state index in [-0.39, 0.29) is 12.2 Å². The van der Waals surface area contributed by atoms with E-state index in [0.717, 1.165) is 25.9 Å². The van der Waals surface area contributed by atoms with E-state index in [9.17, 15) is 0 Å². The smallest absolute Gasteiger partial charge is 0.105 e. The van der Waals surface area contributed by atoms with Crippen molar-refractivity contribution in [2.45, 2.75) is 78.7 Å². The zero-order chi connectivity index (χ0) is 15.7. The van der Waals surface area contributed by atoms with E-state index in [1.54, 1.807) is 0 Å². The van der Waals surface area contributed by atoms with E-state index in [0.29, 0.717) is 12.1 Å². The Morgan fingerprint density at radius 1 is 0.700 bits per heavy atom. The van der Waals surface area contributed by atoms with Gasteiger partial charge in [0.25, 0.3) is 0 Å². The average molecular weight is 288 g/mol. The molecule has 0 heterocycles. The summed E-state index contributed by atoms with van der Waals surface area (Å²) < 4.78 is 0. The zero-order valence-corrected chi connectivity index (χ0v) is 14.8. The number of likely N-dealkylation sites (N-methyl/N-ethyl adjacent to an activating group) is 2. The molecule has 2 unspecified atom stereocenters. The number of hydrogen-bond acceptors (Lipinski definition) is 4. The summed E-state index contributed by atoms with van der Waals surface area (Å²) in [5, 5.41) is 0. The minimum absolute atomic E-state index is 0.140. The minimum atomic E-state index is 0.140. The van der Waals surface area contributed by atoms with Gasteiger partial charge in [0, 0.05) is 25.2 Å². The van der Waals surface area contributed by atoms with Crippen molar-refractivity contribution in [3.63, 3.8) is 0 Å². The van der Waals surface area contributed by atoms with Gasteiger partial charge in [-0.15, -0.1) is 0 Å². The topological polar surface area (TPSA) is 24.9 Å². The van der Waals surface area contributed by atoms with Crippen LogP contribution >= 0.6 is 0 Å². The van der Waals surface area contributed by atoms with Crippen LogP contribution in [0.15, 0.2) is 0 Å². The summed E-state index contributed by atoms with van der Waals surface area (Å²) in [6.07, 6.45) is 2.21. The Morgan fingerprint density at radius 3 is 1.20 bits per heavy atom. The van der Waals surface area contributed by atoms with Gasteiger partial charge in [-0.25, -0.2) is 9.78 Å². The molecular formula is C16H36N2O2. The molecule has 0 aromatic heterocycles. The summed E-state index contributed by atoms with van der Waals surface area (Å²) in [6.45, 7) is 14.9. The predicted molar refractivity (Wildman–Crippen MR) is 85.9 cm³/mol. The van der Waals surface area contributed by atoms with E-state index >= 15 is 0 Å². The normalized spacial score (nSPS) is 15.6. The van der Waals surface area contributed by atoms with Crippen molar-refractivity contribution in [2.75, 3.05) is 27.2 Å². The SMILES string of the molecule is CCC(CN(C)C(C)C)OOC(CC)CN(C)C(C)C. The molecule has 0 bridgehead atoms. The highest BCUT2D eigenvalue weighted by molar-refractivity contribution is 4.66. The Kier molecular flexibility index (Phi) is 10.5. The number of nitrogens with zero attached hydrogens (tertiary/aromatic N) is 2. The fraction of sp³-hybridized carbons (Fsp3) is 1.00. The summed E-state index contributed by atoms with van der Waals surface area (Å²) in [5.74, 6) is 0. The van der Waals surface area contributed by atoms with E-state index < -0.39 is 0 Å². The molecule has 0 amide bonds. The molecule has 0 fully saturated rings. The quantitative estimate of drug-likeness (QED) is 0.431. The minimum Gasteiger partial charge on any atom is -0.301 e. The number of hydrogen-bond donors (Lipinski definition) is 0. The van der Waals surface area contributed by atoms with E-state index in [1.165, 1.54) is 0 Å². The summed E-state index contributed by atoms with van der Waals surface area (Å²) in [5.41, 5.74) is 0. The maximum atomic E-state index is 5.68. The van der Waals surface area contributed by atoms with Gasteiger partial charge in [-0.3, -0.25) is 0 Å². The monoisotopic (exact) mass is 288 g/mol. The van der Waals surface area contributed by atoms with Crippen LogP contribution in [0.1, 0.15) is 54.4 Å². The van der Waals surface area contributed by atoms with Crippen LogP contribution in [-0.2, 0) is 9.78 Å². The third kappa shape index (κ3) is 8.20.